The Morgan fingerprint density at radius 3 is 2.52 bits per heavy atom. The average Bonchev–Trinajstić information content (AvgIpc) is 3.17. The highest BCUT2D eigenvalue weighted by Gasteiger charge is 2.48. The monoisotopic (exact) mass is 391 g/mol. The molecule has 7 heteroatoms. The van der Waals surface area contributed by atoms with Crippen LogP contribution in [0.5, 0.6) is 0 Å². The summed E-state index contributed by atoms with van der Waals surface area (Å²) >= 11 is 0. The normalized spacial score (nSPS) is 18.9. The number of urea groups is 1. The fraction of sp³-hybridized carbons (Fsp3) is 0.227. The maximum atomic E-state index is 12.9. The summed E-state index contributed by atoms with van der Waals surface area (Å²) in [5.74, 6) is -1.07. The fourth-order valence-corrected chi connectivity index (χ4v) is 3.54. The van der Waals surface area contributed by atoms with E-state index < -0.39 is 23.4 Å². The van der Waals surface area contributed by atoms with Crippen LogP contribution in [0.1, 0.15) is 35.0 Å². The third kappa shape index (κ3) is 3.35. The first kappa shape index (κ1) is 18.7. The molecule has 4 rings (SSSR count). The van der Waals surface area contributed by atoms with E-state index in [1.54, 1.807) is 19.9 Å². The van der Waals surface area contributed by atoms with Gasteiger partial charge < -0.3 is 9.73 Å². The van der Waals surface area contributed by atoms with Gasteiger partial charge in [-0.1, -0.05) is 48.5 Å². The van der Waals surface area contributed by atoms with Gasteiger partial charge >= 0.3 is 11.9 Å². The van der Waals surface area contributed by atoms with Gasteiger partial charge in [-0.05, 0) is 38.3 Å². The fourth-order valence-electron chi connectivity index (χ4n) is 3.54. The molecule has 0 saturated carbocycles. The number of benzene rings is 2. The van der Waals surface area contributed by atoms with Gasteiger partial charge in [0.25, 0.3) is 5.91 Å². The van der Waals surface area contributed by atoms with Crippen LogP contribution in [0.25, 0.3) is 11.0 Å². The summed E-state index contributed by atoms with van der Waals surface area (Å²) in [6, 6.07) is 16.3. The highest BCUT2D eigenvalue weighted by atomic mass is 16.3. The van der Waals surface area contributed by atoms with Crippen LogP contribution in [0.3, 0.4) is 0 Å². The van der Waals surface area contributed by atoms with Crippen LogP contribution in [0, 0.1) is 6.92 Å². The Kier molecular flexibility index (Phi) is 4.58. The molecule has 0 radical (unpaired) electrons. The van der Waals surface area contributed by atoms with Gasteiger partial charge in [-0.2, -0.15) is 5.01 Å². The number of hydrazine groups is 1. The standard InChI is InChI=1S/C22H21N3O4/c1-14-16-10-6-7-11-17(16)29-18(14)19(26)24-25-20(27)22(2,23-21(25)28)13-12-15-8-4-3-5-9-15/h3-11H,12-13H2,1-2H3,(H,23,28)(H,24,26). The van der Waals surface area contributed by atoms with Gasteiger partial charge in [0.1, 0.15) is 11.1 Å². The Labute approximate surface area is 167 Å². The summed E-state index contributed by atoms with van der Waals surface area (Å²) in [7, 11) is 0. The maximum Gasteiger partial charge on any atom is 0.344 e. The number of amides is 4. The molecule has 29 heavy (non-hydrogen) atoms. The van der Waals surface area contributed by atoms with E-state index in [1.165, 1.54) is 0 Å². The molecule has 1 aromatic heterocycles. The van der Waals surface area contributed by atoms with Gasteiger partial charge in [0, 0.05) is 10.9 Å². The molecule has 1 atom stereocenters. The minimum Gasteiger partial charge on any atom is -0.451 e. The van der Waals surface area contributed by atoms with Crippen molar-refractivity contribution in [1.82, 2.24) is 15.8 Å². The van der Waals surface area contributed by atoms with Gasteiger partial charge in [0.2, 0.25) is 0 Å². The number of carbonyl (C=O) groups excluding carboxylic acids is 3. The van der Waals surface area contributed by atoms with Crippen LogP contribution in [-0.2, 0) is 11.2 Å². The maximum absolute atomic E-state index is 12.9. The summed E-state index contributed by atoms with van der Waals surface area (Å²) < 4.78 is 5.62. The quantitative estimate of drug-likeness (QED) is 0.653. The van der Waals surface area contributed by atoms with Crippen LogP contribution in [0.4, 0.5) is 4.79 Å². The number of fused-ring (bicyclic) bond motifs is 1. The molecule has 2 aromatic carbocycles. The summed E-state index contributed by atoms with van der Waals surface area (Å²) in [6.07, 6.45) is 1.03. The molecular weight excluding hydrogens is 370 g/mol. The van der Waals surface area contributed by atoms with E-state index in [2.05, 4.69) is 10.7 Å². The van der Waals surface area contributed by atoms with Crippen LogP contribution in [-0.4, -0.2) is 28.4 Å². The van der Waals surface area contributed by atoms with E-state index in [0.29, 0.717) is 24.0 Å². The van der Waals surface area contributed by atoms with Gasteiger partial charge in [-0.25, -0.2) is 10.2 Å². The number of para-hydroxylation sites is 1. The summed E-state index contributed by atoms with van der Waals surface area (Å²) in [5.41, 5.74) is 3.58. The smallest absolute Gasteiger partial charge is 0.344 e. The van der Waals surface area contributed by atoms with E-state index >= 15 is 0 Å². The van der Waals surface area contributed by atoms with Crippen LogP contribution in [0.2, 0.25) is 0 Å². The summed E-state index contributed by atoms with van der Waals surface area (Å²) in [5, 5.41) is 4.23. The lowest BCUT2D eigenvalue weighted by Gasteiger charge is -2.21. The number of imide groups is 1. The molecule has 1 saturated heterocycles. The number of nitrogens with zero attached hydrogens (tertiary/aromatic N) is 1. The summed E-state index contributed by atoms with van der Waals surface area (Å²) in [6.45, 7) is 3.42. The first-order valence-corrected chi connectivity index (χ1v) is 9.39. The number of hydrogen-bond donors (Lipinski definition) is 2. The second-order valence-electron chi connectivity index (χ2n) is 7.38. The minimum atomic E-state index is -1.09. The number of hydrogen-bond acceptors (Lipinski definition) is 4. The molecule has 1 aliphatic rings. The Morgan fingerprint density at radius 1 is 1.10 bits per heavy atom. The second-order valence-corrected chi connectivity index (χ2v) is 7.38. The van der Waals surface area contributed by atoms with Crippen molar-refractivity contribution in [2.45, 2.75) is 32.2 Å². The molecular formula is C22H21N3O4. The minimum absolute atomic E-state index is 0.0738. The van der Waals surface area contributed by atoms with Crippen LogP contribution < -0.4 is 10.7 Å². The highest BCUT2D eigenvalue weighted by Crippen LogP contribution is 2.26. The van der Waals surface area contributed by atoms with E-state index in [1.807, 2.05) is 48.5 Å². The van der Waals surface area contributed by atoms with E-state index in [9.17, 15) is 14.4 Å². The molecule has 3 aromatic rings. The lowest BCUT2D eigenvalue weighted by atomic mass is 9.93. The molecule has 2 N–H and O–H groups in total. The van der Waals surface area contributed by atoms with Crippen molar-refractivity contribution in [3.63, 3.8) is 0 Å². The predicted molar refractivity (Wildman–Crippen MR) is 107 cm³/mol. The van der Waals surface area contributed by atoms with Crippen molar-refractivity contribution < 1.29 is 18.8 Å². The van der Waals surface area contributed by atoms with Gasteiger partial charge in [0.15, 0.2) is 5.76 Å². The first-order valence-electron chi connectivity index (χ1n) is 9.39. The number of rotatable bonds is 5. The van der Waals surface area contributed by atoms with Crippen LogP contribution >= 0.6 is 0 Å². The molecule has 148 valence electrons. The molecule has 1 aliphatic heterocycles. The van der Waals surface area contributed by atoms with Crippen molar-refractivity contribution in [1.29, 1.82) is 0 Å². The molecule has 1 unspecified atom stereocenters. The Bertz CT molecular complexity index is 1110. The summed E-state index contributed by atoms with van der Waals surface area (Å²) in [4.78, 5) is 38.0. The van der Waals surface area contributed by atoms with E-state index in [4.69, 9.17) is 4.42 Å². The lowest BCUT2D eigenvalue weighted by molar-refractivity contribution is -0.132. The SMILES string of the molecule is Cc1c(C(=O)NN2C(=O)NC(C)(CCc3ccccc3)C2=O)oc2ccccc12. The van der Waals surface area contributed by atoms with Gasteiger partial charge in [-0.15, -0.1) is 0 Å². The molecule has 0 aliphatic carbocycles. The largest absolute Gasteiger partial charge is 0.451 e. The highest BCUT2D eigenvalue weighted by molar-refractivity contribution is 6.09. The third-order valence-electron chi connectivity index (χ3n) is 5.28. The number of carbonyl (C=O) groups is 3. The van der Waals surface area contributed by atoms with Crippen LogP contribution in [0.15, 0.2) is 59.0 Å². The third-order valence-corrected chi connectivity index (χ3v) is 5.28. The molecule has 4 amide bonds. The van der Waals surface area contributed by atoms with E-state index in [0.717, 1.165) is 16.0 Å². The van der Waals surface area contributed by atoms with Crippen molar-refractivity contribution in [3.05, 3.63) is 71.5 Å². The number of aryl methyl sites for hydroxylation is 2. The Hall–Kier alpha value is -3.61. The predicted octanol–water partition coefficient (Wildman–Crippen LogP) is 3.33. The average molecular weight is 391 g/mol. The number of furan rings is 1. The Morgan fingerprint density at radius 2 is 1.79 bits per heavy atom. The van der Waals surface area contributed by atoms with Crippen molar-refractivity contribution in [2.75, 3.05) is 0 Å². The Balaban J connectivity index is 1.49. The molecule has 1 fully saturated rings. The van der Waals surface area contributed by atoms with Gasteiger partial charge in [0.05, 0.1) is 0 Å². The zero-order valence-corrected chi connectivity index (χ0v) is 16.2. The van der Waals surface area contributed by atoms with Gasteiger partial charge in [-0.3, -0.25) is 9.59 Å². The van der Waals surface area contributed by atoms with Crippen molar-refractivity contribution in [2.24, 2.45) is 0 Å². The zero-order chi connectivity index (χ0) is 20.6. The molecule has 0 bridgehead atoms. The topological polar surface area (TPSA) is 91.7 Å². The lowest BCUT2D eigenvalue weighted by Crippen LogP contribution is -2.49. The molecule has 2 heterocycles. The number of nitrogens with one attached hydrogen (secondary N) is 2. The van der Waals surface area contributed by atoms with Crippen molar-refractivity contribution in [3.8, 4) is 0 Å². The molecule has 7 nitrogen and oxygen atoms in total. The second kappa shape index (κ2) is 7.09. The molecule has 0 spiro atoms. The zero-order valence-electron chi connectivity index (χ0n) is 16.2. The first-order chi connectivity index (χ1) is 13.9. The van der Waals surface area contributed by atoms with E-state index in [-0.39, 0.29) is 5.76 Å². The van der Waals surface area contributed by atoms with Crippen molar-refractivity contribution >= 4 is 28.8 Å².